The SMILES string of the molecule is O=C1c2ccc(C3CC4CCN3CC4N3C(=O)c4cccc5c4C(CCC5)C3O)c3c2C(CCC3)CN1C1C[N+]2(O)CCC1CC2. The molecule has 2 aromatic carbocycles. The van der Waals surface area contributed by atoms with Gasteiger partial charge in [-0.1, -0.05) is 18.2 Å². The Morgan fingerprint density at radius 1 is 0.804 bits per heavy atom. The Balaban J connectivity index is 0.942. The Morgan fingerprint density at radius 2 is 1.63 bits per heavy atom. The van der Waals surface area contributed by atoms with Crippen LogP contribution in [0.3, 0.4) is 0 Å². The number of carbonyl (C=O) groups excluding carboxylic acids is 2. The summed E-state index contributed by atoms with van der Waals surface area (Å²) in [5.41, 5.74) is 8.25. The number of nitrogens with zero attached hydrogens (tertiary/aromatic N) is 4. The molecule has 8 atom stereocenters. The smallest absolute Gasteiger partial charge is 0.256 e. The lowest BCUT2D eigenvalue weighted by Gasteiger charge is -2.56. The summed E-state index contributed by atoms with van der Waals surface area (Å²) in [6.45, 7) is 4.96. The third-order valence-electron chi connectivity index (χ3n) is 14.1. The number of benzene rings is 2. The van der Waals surface area contributed by atoms with Crippen LogP contribution < -0.4 is 0 Å². The highest BCUT2D eigenvalue weighted by molar-refractivity contribution is 5.99. The molecule has 6 saturated heterocycles. The molecule has 0 aromatic heterocycles. The first kappa shape index (κ1) is 28.3. The summed E-state index contributed by atoms with van der Waals surface area (Å²) in [4.78, 5) is 34.8. The molecule has 8 aliphatic heterocycles. The van der Waals surface area contributed by atoms with Gasteiger partial charge >= 0.3 is 0 Å². The van der Waals surface area contributed by atoms with Crippen LogP contribution in [-0.2, 0) is 12.8 Å². The number of carbonyl (C=O) groups is 2. The van der Waals surface area contributed by atoms with Crippen LogP contribution in [0.4, 0.5) is 0 Å². The van der Waals surface area contributed by atoms with Crippen LogP contribution >= 0.6 is 0 Å². The van der Waals surface area contributed by atoms with Crippen molar-refractivity contribution in [2.45, 2.75) is 100 Å². The summed E-state index contributed by atoms with van der Waals surface area (Å²) in [5.74, 6) is 1.47. The highest BCUT2D eigenvalue weighted by Crippen LogP contribution is 2.51. The fraction of sp³-hybridized carbons (Fsp3) is 0.632. The van der Waals surface area contributed by atoms with E-state index < -0.39 is 6.23 Å². The number of quaternary nitrogens is 1. The van der Waals surface area contributed by atoms with E-state index >= 15 is 0 Å². The highest BCUT2D eigenvalue weighted by atomic mass is 16.5. The zero-order chi connectivity index (χ0) is 30.9. The second-order valence-electron chi connectivity index (χ2n) is 16.1. The maximum atomic E-state index is 14.2. The van der Waals surface area contributed by atoms with Gasteiger partial charge in [-0.2, -0.15) is 4.65 Å². The van der Waals surface area contributed by atoms with Crippen LogP contribution in [0.2, 0.25) is 0 Å². The van der Waals surface area contributed by atoms with Gasteiger partial charge in [-0.05, 0) is 110 Å². The molecule has 8 heterocycles. The molecule has 8 nitrogen and oxygen atoms in total. The molecule has 0 spiro atoms. The number of amides is 2. The Morgan fingerprint density at radius 3 is 2.43 bits per heavy atom. The van der Waals surface area contributed by atoms with E-state index in [1.807, 2.05) is 17.0 Å². The van der Waals surface area contributed by atoms with Crippen molar-refractivity contribution in [2.75, 3.05) is 39.3 Å². The molecular formula is C38H47N4O4+. The second-order valence-corrected chi connectivity index (χ2v) is 16.1. The predicted molar refractivity (Wildman–Crippen MR) is 171 cm³/mol. The lowest BCUT2D eigenvalue weighted by Crippen LogP contribution is -2.67. The van der Waals surface area contributed by atoms with Crippen molar-refractivity contribution in [1.29, 1.82) is 0 Å². The molecule has 46 heavy (non-hydrogen) atoms. The summed E-state index contributed by atoms with van der Waals surface area (Å²) < 4.78 is 0.139. The van der Waals surface area contributed by atoms with Gasteiger partial charge in [-0.3, -0.25) is 14.5 Å². The van der Waals surface area contributed by atoms with E-state index in [1.54, 1.807) is 0 Å². The number of hydrogen-bond acceptors (Lipinski definition) is 5. The van der Waals surface area contributed by atoms with Crippen LogP contribution in [0.1, 0.15) is 118 Å². The molecule has 8 heteroatoms. The van der Waals surface area contributed by atoms with Crippen LogP contribution in [0.5, 0.6) is 0 Å². The van der Waals surface area contributed by atoms with E-state index in [0.29, 0.717) is 30.3 Å². The van der Waals surface area contributed by atoms with Crippen LogP contribution in [-0.4, -0.2) is 99.1 Å². The quantitative estimate of drug-likeness (QED) is 0.489. The maximum absolute atomic E-state index is 14.2. The highest BCUT2D eigenvalue weighted by Gasteiger charge is 2.53. The van der Waals surface area contributed by atoms with Crippen molar-refractivity contribution in [2.24, 2.45) is 11.8 Å². The molecule has 242 valence electrons. The Kier molecular flexibility index (Phi) is 6.21. The van der Waals surface area contributed by atoms with Gasteiger partial charge in [0.05, 0.1) is 12.1 Å². The standard InChI is InChI=1S/C38H47N4O4/c43-36-30-11-10-26(27-7-3-6-25(35(27)30)19-40(36)33-21-42(46)16-13-22(33)14-17-42)31-18-24-12-15-39(31)20-32(24)41-37(44)28-8-1-4-23-5-2-9-29(34(23)28)38(41)45/h1,4,8,10-11,22,24-25,29,31-33,38,45-46H,2-3,5-7,9,12-21H2/q+1. The number of aliphatic hydroxyl groups excluding tert-OH is 1. The fourth-order valence-electron chi connectivity index (χ4n) is 11.9. The zero-order valence-corrected chi connectivity index (χ0v) is 26.8. The normalized spacial score (nSPS) is 40.6. The first-order valence-corrected chi connectivity index (χ1v) is 18.3. The molecule has 12 rings (SSSR count). The van der Waals surface area contributed by atoms with Crippen molar-refractivity contribution in [3.05, 3.63) is 69.3 Å². The zero-order valence-electron chi connectivity index (χ0n) is 26.8. The number of aliphatic hydroxyl groups is 1. The molecule has 8 unspecified atom stereocenters. The van der Waals surface area contributed by atoms with Gasteiger partial charge in [0.25, 0.3) is 11.8 Å². The van der Waals surface area contributed by atoms with Crippen LogP contribution in [0, 0.1) is 11.8 Å². The lowest BCUT2D eigenvalue weighted by molar-refractivity contribution is -1.11. The molecule has 2 aromatic rings. The largest absolute Gasteiger partial charge is 0.373 e. The van der Waals surface area contributed by atoms with Gasteiger partial charge in [-0.15, -0.1) is 0 Å². The molecule has 2 aliphatic carbocycles. The minimum Gasteiger partial charge on any atom is -0.373 e. The number of piperidine rings is 6. The molecule has 0 radical (unpaired) electrons. The van der Waals surface area contributed by atoms with E-state index in [9.17, 15) is 19.9 Å². The summed E-state index contributed by atoms with van der Waals surface area (Å²) in [6, 6.07) is 11.0. The summed E-state index contributed by atoms with van der Waals surface area (Å²) in [5, 5.41) is 22.8. The third-order valence-corrected chi connectivity index (χ3v) is 14.1. The number of rotatable bonds is 3. The Bertz CT molecular complexity index is 1630. The van der Waals surface area contributed by atoms with Gasteiger partial charge in [0, 0.05) is 54.9 Å². The minimum absolute atomic E-state index is 0.0182. The van der Waals surface area contributed by atoms with Crippen LogP contribution in [0.15, 0.2) is 30.3 Å². The van der Waals surface area contributed by atoms with Gasteiger partial charge in [0.1, 0.15) is 25.9 Å². The van der Waals surface area contributed by atoms with Crippen molar-refractivity contribution >= 4 is 11.8 Å². The van der Waals surface area contributed by atoms with Gasteiger partial charge < -0.3 is 14.9 Å². The topological polar surface area (TPSA) is 84.3 Å². The van der Waals surface area contributed by atoms with Crippen molar-refractivity contribution in [3.63, 3.8) is 0 Å². The average molecular weight is 624 g/mol. The Hall–Kier alpha value is -2.78. The van der Waals surface area contributed by atoms with E-state index in [0.717, 1.165) is 114 Å². The number of aryl methyl sites for hydroxylation is 1. The predicted octanol–water partition coefficient (Wildman–Crippen LogP) is 4.59. The lowest BCUT2D eigenvalue weighted by atomic mass is 9.70. The van der Waals surface area contributed by atoms with Gasteiger partial charge in [-0.25, -0.2) is 5.21 Å². The summed E-state index contributed by atoms with van der Waals surface area (Å²) >= 11 is 0. The molecule has 10 aliphatic rings. The second kappa shape index (κ2) is 10.1. The number of fused-ring (bicyclic) bond motifs is 6. The molecule has 6 fully saturated rings. The molecule has 2 amide bonds. The van der Waals surface area contributed by atoms with Crippen molar-refractivity contribution < 1.29 is 24.5 Å². The van der Waals surface area contributed by atoms with Crippen molar-refractivity contribution in [3.8, 4) is 0 Å². The van der Waals surface area contributed by atoms with E-state index in [-0.39, 0.29) is 34.5 Å². The van der Waals surface area contributed by atoms with Gasteiger partial charge in [0.15, 0.2) is 0 Å². The molecular weight excluding hydrogens is 576 g/mol. The molecule has 4 bridgehead atoms. The summed E-state index contributed by atoms with van der Waals surface area (Å²) in [6.07, 6.45) is 9.65. The van der Waals surface area contributed by atoms with E-state index in [1.165, 1.54) is 22.3 Å². The van der Waals surface area contributed by atoms with E-state index in [2.05, 4.69) is 28.0 Å². The van der Waals surface area contributed by atoms with Crippen LogP contribution in [0.25, 0.3) is 0 Å². The van der Waals surface area contributed by atoms with Crippen molar-refractivity contribution in [1.82, 2.24) is 14.7 Å². The first-order valence-electron chi connectivity index (χ1n) is 18.3. The first-order chi connectivity index (χ1) is 22.4. The third kappa shape index (κ3) is 3.93. The summed E-state index contributed by atoms with van der Waals surface area (Å²) in [7, 11) is 0. The van der Waals surface area contributed by atoms with Gasteiger partial charge in [0.2, 0.25) is 0 Å². The molecule has 0 saturated carbocycles. The fourth-order valence-corrected chi connectivity index (χ4v) is 11.9. The molecule has 2 N–H and O–H groups in total. The average Bonchev–Trinajstić information content (AvgIpc) is 3.09. The monoisotopic (exact) mass is 623 g/mol. The maximum Gasteiger partial charge on any atom is 0.256 e. The van der Waals surface area contributed by atoms with E-state index in [4.69, 9.17) is 0 Å². The Labute approximate surface area is 271 Å². The number of hydrogen-bond donors (Lipinski definition) is 2. The minimum atomic E-state index is -0.746. The number of hydroxylamine groups is 3.